The summed E-state index contributed by atoms with van der Waals surface area (Å²) in [5, 5.41) is 0. The highest BCUT2D eigenvalue weighted by molar-refractivity contribution is 5.82. The lowest BCUT2D eigenvalue weighted by Gasteiger charge is -2.29. The third-order valence-corrected chi connectivity index (χ3v) is 3.14. The molecule has 1 saturated heterocycles. The van der Waals surface area contributed by atoms with Gasteiger partial charge in [-0.3, -0.25) is 4.79 Å². The molecule has 2 N–H and O–H groups in total. The monoisotopic (exact) mass is 266 g/mol. The van der Waals surface area contributed by atoms with Crippen LogP contribution in [0.15, 0.2) is 24.3 Å². The number of hydrogen-bond acceptors (Lipinski definition) is 2. The molecule has 1 amide bonds. The van der Waals surface area contributed by atoms with Crippen LogP contribution in [0.2, 0.25) is 0 Å². The normalized spacial score (nSPS) is 18.8. The van der Waals surface area contributed by atoms with Crippen molar-refractivity contribution in [1.82, 2.24) is 4.90 Å². The molecule has 0 aliphatic carbocycles. The van der Waals surface area contributed by atoms with Gasteiger partial charge in [0.1, 0.15) is 5.82 Å². The number of nitrogens with zero attached hydrogens (tertiary/aromatic N) is 1. The summed E-state index contributed by atoms with van der Waals surface area (Å²) in [6, 6.07) is 6.47. The maximum atomic E-state index is 12.3. The van der Waals surface area contributed by atoms with Gasteiger partial charge >= 0.3 is 0 Å². The van der Waals surface area contributed by atoms with Gasteiger partial charge in [-0.25, -0.2) is 4.39 Å². The van der Waals surface area contributed by atoms with Gasteiger partial charge in [-0.2, -0.15) is 0 Å². The highest BCUT2D eigenvalue weighted by Crippen LogP contribution is 2.09. The third kappa shape index (κ3) is 4.99. The number of benzene rings is 1. The van der Waals surface area contributed by atoms with E-state index >= 15 is 0 Å². The molecule has 1 aromatic carbocycles. The van der Waals surface area contributed by atoms with E-state index in [1.807, 2.05) is 11.0 Å². The van der Waals surface area contributed by atoms with Gasteiger partial charge < -0.3 is 10.6 Å². The molecule has 1 atom stereocenters. The fraction of sp³-hybridized carbons (Fsp3) is 0.533. The van der Waals surface area contributed by atoms with Crippen molar-refractivity contribution >= 4 is 5.91 Å². The number of piperidine rings is 1. The van der Waals surface area contributed by atoms with Gasteiger partial charge in [0.25, 0.3) is 0 Å². The minimum absolute atomic E-state index is 0.132. The fourth-order valence-electron chi connectivity index (χ4n) is 2.01. The molecule has 0 bridgehead atoms. The van der Waals surface area contributed by atoms with Crippen LogP contribution < -0.4 is 5.73 Å². The number of aryl methyl sites for hydroxylation is 1. The van der Waals surface area contributed by atoms with E-state index in [0.29, 0.717) is 5.56 Å². The van der Waals surface area contributed by atoms with Gasteiger partial charge in [-0.1, -0.05) is 25.1 Å². The van der Waals surface area contributed by atoms with E-state index in [-0.39, 0.29) is 17.8 Å². The van der Waals surface area contributed by atoms with E-state index in [1.165, 1.54) is 6.07 Å². The smallest absolute Gasteiger partial charge is 0.239 e. The maximum absolute atomic E-state index is 12.3. The Labute approximate surface area is 114 Å². The Kier molecular flexibility index (Phi) is 6.50. The summed E-state index contributed by atoms with van der Waals surface area (Å²) >= 11 is 0. The molecule has 0 spiro atoms. The summed E-state index contributed by atoms with van der Waals surface area (Å²) in [5.41, 5.74) is 6.31. The highest BCUT2D eigenvalue weighted by Gasteiger charge is 2.24. The van der Waals surface area contributed by atoms with Gasteiger partial charge in [0.15, 0.2) is 0 Å². The molecule has 2 rings (SSSR count). The highest BCUT2D eigenvalue weighted by atomic mass is 19.1. The minimum Gasteiger partial charge on any atom is -0.341 e. The van der Waals surface area contributed by atoms with Crippen LogP contribution in [-0.2, 0) is 4.79 Å². The second-order valence-corrected chi connectivity index (χ2v) is 4.82. The molecule has 1 heterocycles. The lowest BCUT2D eigenvalue weighted by atomic mass is 10.1. The molecule has 0 saturated carbocycles. The summed E-state index contributed by atoms with van der Waals surface area (Å²) in [6.07, 6.45) is 2.95. The molecule has 1 aliphatic rings. The molecular weight excluding hydrogens is 243 g/mol. The molecule has 0 radical (unpaired) electrons. The summed E-state index contributed by atoms with van der Waals surface area (Å²) in [6.45, 7) is 5.59. The first-order chi connectivity index (χ1) is 9.06. The molecule has 0 aromatic heterocycles. The molecular formula is C15H23FN2O. The standard InChI is InChI=1S/C8H16N2O.C7H7F/c1-2-5-10-6-3-4-7(9)8(10)11;1-6-4-2-3-5-7(6)8/h7H,2-6,9H2,1H3;2-5H,1H3. The lowest BCUT2D eigenvalue weighted by Crippen LogP contribution is -2.48. The van der Waals surface area contributed by atoms with Crippen molar-refractivity contribution in [3.05, 3.63) is 35.6 Å². The van der Waals surface area contributed by atoms with Crippen molar-refractivity contribution in [3.63, 3.8) is 0 Å². The molecule has 1 fully saturated rings. The molecule has 1 aromatic rings. The first kappa shape index (κ1) is 15.6. The van der Waals surface area contributed by atoms with E-state index < -0.39 is 0 Å². The van der Waals surface area contributed by atoms with Crippen LogP contribution in [0, 0.1) is 12.7 Å². The maximum Gasteiger partial charge on any atom is 0.239 e. The van der Waals surface area contributed by atoms with Crippen LogP contribution in [0.25, 0.3) is 0 Å². The Morgan fingerprint density at radius 3 is 2.63 bits per heavy atom. The minimum atomic E-state index is -0.227. The molecule has 1 unspecified atom stereocenters. The fourth-order valence-corrected chi connectivity index (χ4v) is 2.01. The molecule has 4 heteroatoms. The van der Waals surface area contributed by atoms with Gasteiger partial charge in [-0.05, 0) is 37.8 Å². The number of likely N-dealkylation sites (tertiary alicyclic amines) is 1. The summed E-state index contributed by atoms with van der Waals surface area (Å²) in [7, 11) is 0. The second kappa shape index (κ2) is 7.89. The predicted molar refractivity (Wildman–Crippen MR) is 75.2 cm³/mol. The first-order valence-electron chi connectivity index (χ1n) is 6.81. The van der Waals surface area contributed by atoms with Crippen LogP contribution in [0.1, 0.15) is 31.7 Å². The van der Waals surface area contributed by atoms with Crippen LogP contribution in [0.5, 0.6) is 0 Å². The Balaban J connectivity index is 0.000000200. The first-order valence-corrected chi connectivity index (χ1v) is 6.81. The molecule has 106 valence electrons. The van der Waals surface area contributed by atoms with Crippen molar-refractivity contribution in [1.29, 1.82) is 0 Å². The van der Waals surface area contributed by atoms with Gasteiger partial charge in [0.2, 0.25) is 5.91 Å². The second-order valence-electron chi connectivity index (χ2n) is 4.82. The lowest BCUT2D eigenvalue weighted by molar-refractivity contribution is -0.134. The zero-order chi connectivity index (χ0) is 14.3. The van der Waals surface area contributed by atoms with Gasteiger partial charge in [-0.15, -0.1) is 0 Å². The summed E-state index contributed by atoms with van der Waals surface area (Å²) in [5.74, 6) is 0.00519. The topological polar surface area (TPSA) is 46.3 Å². The average molecular weight is 266 g/mol. The number of nitrogens with two attached hydrogens (primary N) is 1. The predicted octanol–water partition coefficient (Wildman–Crippen LogP) is 2.48. The van der Waals surface area contributed by atoms with Crippen molar-refractivity contribution in [2.75, 3.05) is 13.1 Å². The number of carbonyl (C=O) groups excluding carboxylic acids is 1. The Morgan fingerprint density at radius 1 is 1.42 bits per heavy atom. The zero-order valence-electron chi connectivity index (χ0n) is 11.7. The van der Waals surface area contributed by atoms with E-state index in [0.717, 1.165) is 32.4 Å². The number of amides is 1. The number of halogens is 1. The quantitative estimate of drug-likeness (QED) is 0.894. The Bertz CT molecular complexity index is 386. The van der Waals surface area contributed by atoms with Crippen molar-refractivity contribution in [2.24, 2.45) is 5.73 Å². The van der Waals surface area contributed by atoms with Crippen molar-refractivity contribution in [2.45, 2.75) is 39.2 Å². The van der Waals surface area contributed by atoms with Crippen molar-refractivity contribution < 1.29 is 9.18 Å². The van der Waals surface area contributed by atoms with Crippen LogP contribution in [0.3, 0.4) is 0 Å². The number of rotatable bonds is 2. The Hall–Kier alpha value is -1.42. The molecule has 1 aliphatic heterocycles. The van der Waals surface area contributed by atoms with E-state index in [9.17, 15) is 9.18 Å². The van der Waals surface area contributed by atoms with E-state index in [1.54, 1.807) is 19.1 Å². The Morgan fingerprint density at radius 2 is 2.11 bits per heavy atom. The van der Waals surface area contributed by atoms with Gasteiger partial charge in [0.05, 0.1) is 6.04 Å². The van der Waals surface area contributed by atoms with Gasteiger partial charge in [0, 0.05) is 13.1 Å². The third-order valence-electron chi connectivity index (χ3n) is 3.14. The van der Waals surface area contributed by atoms with Crippen LogP contribution in [0.4, 0.5) is 4.39 Å². The average Bonchev–Trinajstić information content (AvgIpc) is 2.40. The van der Waals surface area contributed by atoms with E-state index in [2.05, 4.69) is 6.92 Å². The number of carbonyl (C=O) groups is 1. The SMILES string of the molecule is CCCN1CCCC(N)C1=O.Cc1ccccc1F. The summed E-state index contributed by atoms with van der Waals surface area (Å²) < 4.78 is 12.3. The zero-order valence-corrected chi connectivity index (χ0v) is 11.7. The summed E-state index contributed by atoms with van der Waals surface area (Å²) in [4.78, 5) is 13.2. The van der Waals surface area contributed by atoms with Crippen molar-refractivity contribution in [3.8, 4) is 0 Å². The molecule has 3 nitrogen and oxygen atoms in total. The number of hydrogen-bond donors (Lipinski definition) is 1. The van der Waals surface area contributed by atoms with Crippen LogP contribution in [-0.4, -0.2) is 29.9 Å². The van der Waals surface area contributed by atoms with E-state index in [4.69, 9.17) is 5.73 Å². The van der Waals surface area contributed by atoms with Crippen LogP contribution >= 0.6 is 0 Å². The largest absolute Gasteiger partial charge is 0.341 e. The molecule has 19 heavy (non-hydrogen) atoms.